The maximum absolute atomic E-state index is 8.97. The van der Waals surface area contributed by atoms with Crippen LogP contribution in [0.2, 0.25) is 5.82 Å². The Kier molecular flexibility index (Phi) is 4.48. The van der Waals surface area contributed by atoms with Crippen LogP contribution in [-0.4, -0.2) is 28.9 Å². The molecule has 0 fully saturated rings. The van der Waals surface area contributed by atoms with Gasteiger partial charge in [0.15, 0.2) is 0 Å². The van der Waals surface area contributed by atoms with Crippen molar-refractivity contribution in [2.45, 2.75) is 5.82 Å². The molecule has 3 nitrogen and oxygen atoms in total. The Balaban J connectivity index is 2.98. The predicted octanol–water partition coefficient (Wildman–Crippen LogP) is 0.919. The molecule has 0 saturated carbocycles. The molecule has 0 amide bonds. The number of benzene rings is 1. The molecule has 0 radical (unpaired) electrons. The van der Waals surface area contributed by atoms with Gasteiger partial charge in [-0.05, 0) is 0 Å². The van der Waals surface area contributed by atoms with Crippen LogP contribution in [0.5, 0.6) is 5.75 Å². The monoisotopic (exact) mass is 257 g/mol. The number of hydrogen-bond acceptors (Lipinski definition) is 3. The van der Waals surface area contributed by atoms with E-state index in [0.29, 0.717) is 26.3 Å². The molecular formula is C10H11NO2Se. The number of hydrogen-bond donors (Lipinski definition) is 0. The second-order valence-corrected chi connectivity index (χ2v) is 4.28. The van der Waals surface area contributed by atoms with Crippen molar-refractivity contribution < 1.29 is 9.47 Å². The Morgan fingerprint density at radius 3 is 2.86 bits per heavy atom. The van der Waals surface area contributed by atoms with E-state index < -0.39 is 0 Å². The van der Waals surface area contributed by atoms with Crippen molar-refractivity contribution in [3.63, 3.8) is 0 Å². The molecule has 0 aliphatic rings. The summed E-state index contributed by atoms with van der Waals surface area (Å²) >= 11 is 0.303. The summed E-state index contributed by atoms with van der Waals surface area (Å²) in [5.41, 5.74) is 0.632. The van der Waals surface area contributed by atoms with Crippen molar-refractivity contribution in [1.82, 2.24) is 0 Å². The molecule has 0 aliphatic carbocycles. The fraction of sp³-hybridized carbons (Fsp3) is 0.300. The third-order valence-electron chi connectivity index (χ3n) is 1.65. The molecule has 0 spiro atoms. The van der Waals surface area contributed by atoms with Crippen molar-refractivity contribution in [3.8, 4) is 11.8 Å². The second-order valence-electron chi connectivity index (χ2n) is 2.50. The minimum atomic E-state index is 0.175. The van der Waals surface area contributed by atoms with Crippen LogP contribution >= 0.6 is 0 Å². The summed E-state index contributed by atoms with van der Waals surface area (Å²) in [7, 11) is 1.56. The van der Waals surface area contributed by atoms with Crippen LogP contribution in [0, 0.1) is 11.3 Å². The first-order valence-corrected chi connectivity index (χ1v) is 6.59. The average molecular weight is 256 g/mol. The van der Waals surface area contributed by atoms with Crippen molar-refractivity contribution in [1.29, 1.82) is 5.26 Å². The second kappa shape index (κ2) is 5.66. The number of nitrogens with zero attached hydrogens (tertiary/aromatic N) is 1. The summed E-state index contributed by atoms with van der Waals surface area (Å²) in [6.07, 6.45) is 0. The average Bonchev–Trinajstić information content (AvgIpc) is 2.25. The van der Waals surface area contributed by atoms with Gasteiger partial charge in [-0.2, -0.15) is 0 Å². The molecule has 0 aliphatic heterocycles. The topological polar surface area (TPSA) is 42.2 Å². The molecular weight excluding hydrogens is 245 g/mol. The molecule has 74 valence electrons. The fourth-order valence-electron chi connectivity index (χ4n) is 1.03. The van der Waals surface area contributed by atoms with Crippen molar-refractivity contribution >= 4 is 19.4 Å². The molecule has 0 unspecified atom stereocenters. The molecule has 0 bridgehead atoms. The normalized spacial score (nSPS) is 9.50. The standard InChI is InChI=1S/C10H11NO2Se/c1-12-7-13-9-4-3-5-10(14-2)8(9)6-11/h3-5H,7H2,1-2H3. The zero-order valence-electron chi connectivity index (χ0n) is 8.11. The number of rotatable bonds is 4. The van der Waals surface area contributed by atoms with E-state index in [1.54, 1.807) is 13.2 Å². The van der Waals surface area contributed by atoms with Gasteiger partial charge >= 0.3 is 89.5 Å². The third-order valence-corrected chi connectivity index (χ3v) is 3.29. The summed E-state index contributed by atoms with van der Waals surface area (Å²) in [5.74, 6) is 2.68. The van der Waals surface area contributed by atoms with E-state index in [-0.39, 0.29) is 6.79 Å². The quantitative estimate of drug-likeness (QED) is 0.594. The Morgan fingerprint density at radius 2 is 2.29 bits per heavy atom. The Hall–Kier alpha value is -1.01. The predicted molar refractivity (Wildman–Crippen MR) is 54.9 cm³/mol. The molecule has 1 aromatic rings. The zero-order valence-corrected chi connectivity index (χ0v) is 9.82. The summed E-state index contributed by atoms with van der Waals surface area (Å²) in [6.45, 7) is 0.175. The minimum absolute atomic E-state index is 0.175. The molecule has 0 atom stereocenters. The molecule has 0 heterocycles. The first-order chi connectivity index (χ1) is 6.83. The first kappa shape index (κ1) is 11.1. The number of ether oxygens (including phenoxy) is 2. The van der Waals surface area contributed by atoms with E-state index in [2.05, 4.69) is 11.9 Å². The van der Waals surface area contributed by atoms with Crippen LogP contribution in [0.15, 0.2) is 18.2 Å². The van der Waals surface area contributed by atoms with Crippen LogP contribution in [0.3, 0.4) is 0 Å². The molecule has 0 aromatic heterocycles. The van der Waals surface area contributed by atoms with E-state index >= 15 is 0 Å². The van der Waals surface area contributed by atoms with Gasteiger partial charge in [-0.15, -0.1) is 0 Å². The van der Waals surface area contributed by atoms with Crippen molar-refractivity contribution in [3.05, 3.63) is 23.8 Å². The van der Waals surface area contributed by atoms with Gasteiger partial charge in [-0.25, -0.2) is 0 Å². The first-order valence-electron chi connectivity index (χ1n) is 4.02. The van der Waals surface area contributed by atoms with Gasteiger partial charge in [0.05, 0.1) is 0 Å². The number of methoxy groups -OCH3 is 1. The summed E-state index contributed by atoms with van der Waals surface area (Å²) in [4.78, 5) is 0. The van der Waals surface area contributed by atoms with Gasteiger partial charge in [-0.1, -0.05) is 0 Å². The van der Waals surface area contributed by atoms with Gasteiger partial charge in [0.2, 0.25) is 0 Å². The van der Waals surface area contributed by atoms with E-state index in [1.807, 2.05) is 12.1 Å². The van der Waals surface area contributed by atoms with Crippen molar-refractivity contribution in [2.75, 3.05) is 13.9 Å². The van der Waals surface area contributed by atoms with Crippen LogP contribution in [0.1, 0.15) is 5.56 Å². The van der Waals surface area contributed by atoms with E-state index in [1.165, 1.54) is 0 Å². The van der Waals surface area contributed by atoms with Crippen LogP contribution in [0.4, 0.5) is 0 Å². The summed E-state index contributed by atoms with van der Waals surface area (Å²) in [6, 6.07) is 7.80. The van der Waals surface area contributed by atoms with Gasteiger partial charge in [0, 0.05) is 0 Å². The molecule has 1 aromatic carbocycles. The van der Waals surface area contributed by atoms with Crippen LogP contribution in [0.25, 0.3) is 0 Å². The van der Waals surface area contributed by atoms with Gasteiger partial charge in [0.25, 0.3) is 0 Å². The molecule has 14 heavy (non-hydrogen) atoms. The zero-order chi connectivity index (χ0) is 10.4. The molecule has 0 N–H and O–H groups in total. The number of nitriles is 1. The van der Waals surface area contributed by atoms with Crippen LogP contribution in [-0.2, 0) is 4.74 Å². The molecule has 0 saturated heterocycles. The summed E-state index contributed by atoms with van der Waals surface area (Å²) < 4.78 is 11.1. The van der Waals surface area contributed by atoms with Gasteiger partial charge in [-0.3, -0.25) is 0 Å². The SMILES string of the molecule is COCOc1cccc([Se]C)c1C#N. The maximum atomic E-state index is 8.97. The Bertz CT molecular complexity index is 346. The van der Waals surface area contributed by atoms with E-state index in [9.17, 15) is 0 Å². The fourth-order valence-corrected chi connectivity index (χ4v) is 2.22. The third kappa shape index (κ3) is 2.49. The summed E-state index contributed by atoms with van der Waals surface area (Å²) in [5, 5.41) is 8.97. The Morgan fingerprint density at radius 1 is 1.50 bits per heavy atom. The Labute approximate surface area is 89.8 Å². The van der Waals surface area contributed by atoms with Gasteiger partial charge < -0.3 is 0 Å². The molecule has 1 rings (SSSR count). The van der Waals surface area contributed by atoms with E-state index in [0.717, 1.165) is 4.46 Å². The van der Waals surface area contributed by atoms with Crippen molar-refractivity contribution in [2.24, 2.45) is 0 Å². The van der Waals surface area contributed by atoms with E-state index in [4.69, 9.17) is 14.7 Å². The van der Waals surface area contributed by atoms with Crippen LogP contribution < -0.4 is 9.20 Å². The molecule has 4 heteroatoms. The van der Waals surface area contributed by atoms with Gasteiger partial charge in [0.1, 0.15) is 0 Å².